The minimum absolute atomic E-state index is 0.0309. The Morgan fingerprint density at radius 2 is 2.14 bits per heavy atom. The smallest absolute Gasteiger partial charge is 0.344 e. The first-order valence-corrected chi connectivity index (χ1v) is 6.52. The van der Waals surface area contributed by atoms with Crippen molar-refractivity contribution >= 4 is 22.6 Å². The van der Waals surface area contributed by atoms with E-state index in [0.29, 0.717) is 6.42 Å². The van der Waals surface area contributed by atoms with E-state index in [-0.39, 0.29) is 29.0 Å². The van der Waals surface area contributed by atoms with Gasteiger partial charge >= 0.3 is 11.6 Å². The molecule has 2 aromatic rings. The lowest BCUT2D eigenvalue weighted by Gasteiger charge is -2.08. The zero-order valence-corrected chi connectivity index (χ0v) is 11.7. The highest BCUT2D eigenvalue weighted by Gasteiger charge is 2.14. The van der Waals surface area contributed by atoms with Gasteiger partial charge in [0.15, 0.2) is 6.61 Å². The van der Waals surface area contributed by atoms with Crippen molar-refractivity contribution in [1.29, 1.82) is 0 Å². The highest BCUT2D eigenvalue weighted by Crippen LogP contribution is 2.27. The monoisotopic (exact) mass is 307 g/mol. The molecule has 1 heterocycles. The number of hydrogen-bond acceptors (Lipinski definition) is 7. The molecule has 0 bridgehead atoms. The second-order valence-electron chi connectivity index (χ2n) is 4.38. The summed E-state index contributed by atoms with van der Waals surface area (Å²) in [6.07, 6.45) is 0.676. The summed E-state index contributed by atoms with van der Waals surface area (Å²) in [6.45, 7) is 1.72. The number of non-ortho nitro benzene ring substituents is 1. The Morgan fingerprint density at radius 1 is 1.36 bits per heavy atom. The SMILES string of the molecule is CCCOC(=O)COc1cc(=O)oc2ccc([N+](=O)[O-])cc12. The first kappa shape index (κ1) is 15.5. The number of hydrogen-bond donors (Lipinski definition) is 0. The quantitative estimate of drug-likeness (QED) is 0.347. The van der Waals surface area contributed by atoms with Gasteiger partial charge in [-0.25, -0.2) is 9.59 Å². The maximum absolute atomic E-state index is 11.4. The summed E-state index contributed by atoms with van der Waals surface area (Å²) in [5.74, 6) is -0.558. The fraction of sp³-hybridized carbons (Fsp3) is 0.286. The van der Waals surface area contributed by atoms with E-state index in [4.69, 9.17) is 13.9 Å². The average molecular weight is 307 g/mol. The second-order valence-corrected chi connectivity index (χ2v) is 4.38. The zero-order valence-electron chi connectivity index (χ0n) is 11.7. The van der Waals surface area contributed by atoms with Gasteiger partial charge in [-0.05, 0) is 12.5 Å². The Morgan fingerprint density at radius 3 is 2.82 bits per heavy atom. The molecule has 1 aromatic heterocycles. The van der Waals surface area contributed by atoms with Gasteiger partial charge in [0, 0.05) is 12.1 Å². The number of rotatable bonds is 6. The molecule has 2 rings (SSSR count). The fourth-order valence-electron chi connectivity index (χ4n) is 1.75. The predicted octanol–water partition coefficient (Wildman–Crippen LogP) is 2.03. The lowest BCUT2D eigenvalue weighted by atomic mass is 10.2. The van der Waals surface area contributed by atoms with Crippen molar-refractivity contribution in [2.45, 2.75) is 13.3 Å². The van der Waals surface area contributed by atoms with Crippen LogP contribution in [0.25, 0.3) is 11.0 Å². The number of ether oxygens (including phenoxy) is 2. The Hall–Kier alpha value is -2.90. The molecule has 0 unspecified atom stereocenters. The van der Waals surface area contributed by atoms with Gasteiger partial charge in [-0.2, -0.15) is 0 Å². The predicted molar refractivity (Wildman–Crippen MR) is 75.9 cm³/mol. The van der Waals surface area contributed by atoms with Gasteiger partial charge in [0.25, 0.3) is 5.69 Å². The Balaban J connectivity index is 2.31. The van der Waals surface area contributed by atoms with Crippen molar-refractivity contribution in [2.75, 3.05) is 13.2 Å². The number of benzene rings is 1. The second kappa shape index (κ2) is 6.70. The van der Waals surface area contributed by atoms with E-state index in [0.717, 1.165) is 6.07 Å². The Bertz CT molecular complexity index is 765. The third-order valence-corrected chi connectivity index (χ3v) is 2.71. The van der Waals surface area contributed by atoms with Crippen LogP contribution in [-0.2, 0) is 9.53 Å². The number of carbonyl (C=O) groups excluding carboxylic acids is 1. The summed E-state index contributed by atoms with van der Waals surface area (Å²) in [5.41, 5.74) is -0.729. The van der Waals surface area contributed by atoms with Crippen molar-refractivity contribution < 1.29 is 23.6 Å². The molecule has 8 heteroatoms. The van der Waals surface area contributed by atoms with Gasteiger partial charge in [-0.3, -0.25) is 10.1 Å². The first-order chi connectivity index (χ1) is 10.5. The normalized spacial score (nSPS) is 10.4. The Kier molecular flexibility index (Phi) is 4.72. The molecule has 0 atom stereocenters. The van der Waals surface area contributed by atoms with Crippen LogP contribution in [0.5, 0.6) is 5.75 Å². The molecule has 116 valence electrons. The van der Waals surface area contributed by atoms with E-state index < -0.39 is 23.1 Å². The molecule has 0 N–H and O–H groups in total. The molecule has 0 aliphatic heterocycles. The van der Waals surface area contributed by atoms with E-state index in [9.17, 15) is 19.7 Å². The summed E-state index contributed by atoms with van der Waals surface area (Å²) in [5, 5.41) is 11.0. The van der Waals surface area contributed by atoms with Crippen molar-refractivity contribution in [3.05, 3.63) is 44.8 Å². The first-order valence-electron chi connectivity index (χ1n) is 6.52. The van der Waals surface area contributed by atoms with Crippen LogP contribution in [0.2, 0.25) is 0 Å². The van der Waals surface area contributed by atoms with Crippen LogP contribution in [0.15, 0.2) is 33.5 Å². The van der Waals surface area contributed by atoms with Crippen LogP contribution < -0.4 is 10.4 Å². The molecule has 0 radical (unpaired) electrons. The van der Waals surface area contributed by atoms with Gasteiger partial charge in [0.05, 0.1) is 23.0 Å². The van der Waals surface area contributed by atoms with Crippen molar-refractivity contribution in [3.8, 4) is 5.75 Å². The molecule has 0 saturated heterocycles. The number of nitrogens with zero attached hydrogens (tertiary/aromatic N) is 1. The van der Waals surface area contributed by atoms with Crippen molar-refractivity contribution in [1.82, 2.24) is 0 Å². The lowest BCUT2D eigenvalue weighted by Crippen LogP contribution is -2.16. The van der Waals surface area contributed by atoms with Crippen molar-refractivity contribution in [2.24, 2.45) is 0 Å². The molecule has 1 aromatic carbocycles. The molecule has 0 fully saturated rings. The third kappa shape index (κ3) is 3.60. The number of fused-ring (bicyclic) bond motifs is 1. The molecule has 0 spiro atoms. The molecule has 0 saturated carbocycles. The summed E-state index contributed by atoms with van der Waals surface area (Å²) < 4.78 is 15.0. The fourth-order valence-corrected chi connectivity index (χ4v) is 1.75. The van der Waals surface area contributed by atoms with E-state index in [1.165, 1.54) is 18.2 Å². The number of nitro benzene ring substituents is 1. The number of nitro groups is 1. The third-order valence-electron chi connectivity index (χ3n) is 2.71. The molecular formula is C14H13NO7. The minimum Gasteiger partial charge on any atom is -0.481 e. The Labute approximate surface area is 124 Å². The standard InChI is InChI=1S/C14H13NO7/c1-2-5-20-14(17)8-21-12-7-13(16)22-11-4-3-9(15(18)19)6-10(11)12/h3-4,6-7H,2,5,8H2,1H3. The van der Waals surface area contributed by atoms with Gasteiger partial charge in [-0.15, -0.1) is 0 Å². The van der Waals surface area contributed by atoms with E-state index in [1.54, 1.807) is 0 Å². The lowest BCUT2D eigenvalue weighted by molar-refractivity contribution is -0.384. The maximum atomic E-state index is 11.4. The van der Waals surface area contributed by atoms with Crippen molar-refractivity contribution in [3.63, 3.8) is 0 Å². The van der Waals surface area contributed by atoms with Crippen LogP contribution in [-0.4, -0.2) is 24.1 Å². The number of carbonyl (C=O) groups is 1. The van der Waals surface area contributed by atoms with Crippen LogP contribution in [0, 0.1) is 10.1 Å². The molecule has 0 aliphatic carbocycles. The zero-order chi connectivity index (χ0) is 16.1. The number of esters is 1. The summed E-state index contributed by atoms with van der Waals surface area (Å²) in [4.78, 5) is 33.1. The summed E-state index contributed by atoms with van der Waals surface area (Å²) in [7, 11) is 0. The summed E-state index contributed by atoms with van der Waals surface area (Å²) >= 11 is 0. The minimum atomic E-state index is -0.682. The maximum Gasteiger partial charge on any atom is 0.344 e. The van der Waals surface area contributed by atoms with E-state index in [2.05, 4.69) is 0 Å². The molecule has 8 nitrogen and oxygen atoms in total. The highest BCUT2D eigenvalue weighted by molar-refractivity contribution is 5.85. The largest absolute Gasteiger partial charge is 0.481 e. The summed E-state index contributed by atoms with van der Waals surface area (Å²) in [6, 6.07) is 4.76. The molecular weight excluding hydrogens is 294 g/mol. The average Bonchev–Trinajstić information content (AvgIpc) is 2.49. The molecule has 0 amide bonds. The van der Waals surface area contributed by atoms with Crippen LogP contribution in [0.1, 0.15) is 13.3 Å². The van der Waals surface area contributed by atoms with Gasteiger partial charge < -0.3 is 13.9 Å². The van der Waals surface area contributed by atoms with Gasteiger partial charge in [0.1, 0.15) is 11.3 Å². The van der Waals surface area contributed by atoms with E-state index >= 15 is 0 Å². The van der Waals surface area contributed by atoms with Gasteiger partial charge in [0.2, 0.25) is 0 Å². The van der Waals surface area contributed by atoms with Gasteiger partial charge in [-0.1, -0.05) is 6.92 Å². The molecule has 22 heavy (non-hydrogen) atoms. The van der Waals surface area contributed by atoms with Crippen LogP contribution in [0.4, 0.5) is 5.69 Å². The van der Waals surface area contributed by atoms with E-state index in [1.807, 2.05) is 6.92 Å². The van der Waals surface area contributed by atoms with Crippen LogP contribution >= 0.6 is 0 Å². The topological polar surface area (TPSA) is 109 Å². The molecule has 0 aliphatic rings. The highest BCUT2D eigenvalue weighted by atomic mass is 16.6. The van der Waals surface area contributed by atoms with Crippen LogP contribution in [0.3, 0.4) is 0 Å².